The number of nitrogens with zero attached hydrogens (tertiary/aromatic N) is 2. The highest BCUT2D eigenvalue weighted by Crippen LogP contribution is 2.45. The fourth-order valence-corrected chi connectivity index (χ4v) is 10.0. The van der Waals surface area contributed by atoms with E-state index < -0.39 is 0 Å². The highest BCUT2D eigenvalue weighted by atomic mass is 32.2. The average Bonchev–Trinajstić information content (AvgIpc) is 3.24. The van der Waals surface area contributed by atoms with E-state index in [-0.39, 0.29) is 6.04 Å². The fraction of sp³-hybridized carbons (Fsp3) is 0.104. The maximum absolute atomic E-state index is 4.65. The minimum absolute atomic E-state index is 0.229. The molecule has 0 bridgehead atoms. The molecule has 3 nitrogen and oxygen atoms in total. The molecule has 7 aromatic rings. The van der Waals surface area contributed by atoms with Crippen LogP contribution in [0.2, 0.25) is 0 Å². The summed E-state index contributed by atoms with van der Waals surface area (Å²) in [6.45, 7) is 0. The van der Waals surface area contributed by atoms with Crippen molar-refractivity contribution in [2.24, 2.45) is 4.99 Å². The zero-order chi connectivity index (χ0) is 36.7. The Bertz CT molecular complexity index is 2340. The minimum Gasteiger partial charge on any atom is -0.312 e. The van der Waals surface area contributed by atoms with Gasteiger partial charge in [-0.1, -0.05) is 121 Å². The van der Waals surface area contributed by atoms with E-state index in [4.69, 9.17) is 0 Å². The normalized spacial score (nSPS) is 12.8. The second-order valence-corrected chi connectivity index (χ2v) is 16.2. The Morgan fingerprint density at radius 2 is 1.20 bits per heavy atom. The number of hydrogen-bond donors (Lipinski definition) is 1. The highest BCUT2D eigenvalue weighted by molar-refractivity contribution is 8.14. The van der Waals surface area contributed by atoms with Crippen LogP contribution in [0.25, 0.3) is 22.3 Å². The number of rotatable bonds is 11. The molecule has 7 aromatic carbocycles. The predicted molar refractivity (Wildman–Crippen MR) is 235 cm³/mol. The first-order valence-corrected chi connectivity index (χ1v) is 21.0. The van der Waals surface area contributed by atoms with Crippen LogP contribution in [0, 0.1) is 0 Å². The molecular weight excluding hydrogens is 715 g/mol. The second kappa shape index (κ2) is 17.0. The molecule has 1 N–H and O–H groups in total. The van der Waals surface area contributed by atoms with Gasteiger partial charge in [0, 0.05) is 61.9 Å². The monoisotopic (exact) mass is 755 g/mol. The molecule has 1 unspecified atom stereocenters. The molecule has 6 heteroatoms. The summed E-state index contributed by atoms with van der Waals surface area (Å²) in [7, 11) is 3.91. The van der Waals surface area contributed by atoms with Gasteiger partial charge >= 0.3 is 0 Å². The van der Waals surface area contributed by atoms with Crippen LogP contribution in [-0.4, -0.2) is 24.9 Å². The van der Waals surface area contributed by atoms with Gasteiger partial charge in [-0.25, -0.2) is 0 Å². The Labute approximate surface area is 332 Å². The molecule has 0 aliphatic carbocycles. The first-order chi connectivity index (χ1) is 26.7. The summed E-state index contributed by atoms with van der Waals surface area (Å²) >= 11 is 5.50. The molecular formula is C48H41N3S3. The van der Waals surface area contributed by atoms with Gasteiger partial charge in [0.15, 0.2) is 0 Å². The van der Waals surface area contributed by atoms with Crippen molar-refractivity contribution in [1.82, 2.24) is 5.32 Å². The maximum atomic E-state index is 4.65. The van der Waals surface area contributed by atoms with Gasteiger partial charge in [-0.05, 0) is 107 Å². The van der Waals surface area contributed by atoms with Gasteiger partial charge in [-0.2, -0.15) is 0 Å². The van der Waals surface area contributed by atoms with Crippen molar-refractivity contribution >= 4 is 57.4 Å². The third kappa shape index (κ3) is 7.94. The summed E-state index contributed by atoms with van der Waals surface area (Å²) in [6, 6.07) is 63.7. The lowest BCUT2D eigenvalue weighted by atomic mass is 9.92. The Morgan fingerprint density at radius 1 is 0.630 bits per heavy atom. The van der Waals surface area contributed by atoms with E-state index in [0.717, 1.165) is 39.2 Å². The van der Waals surface area contributed by atoms with Crippen LogP contribution in [0.15, 0.2) is 196 Å². The molecule has 0 saturated heterocycles. The molecule has 1 aliphatic rings. The van der Waals surface area contributed by atoms with Gasteiger partial charge < -0.3 is 10.2 Å². The molecule has 1 aliphatic heterocycles. The Hall–Kier alpha value is -4.98. The van der Waals surface area contributed by atoms with Crippen LogP contribution in [-0.2, 0) is 5.75 Å². The van der Waals surface area contributed by atoms with Crippen LogP contribution in [0.1, 0.15) is 22.7 Å². The number of thioether (sulfide) groups is 3. The summed E-state index contributed by atoms with van der Waals surface area (Å²) in [5.41, 5.74) is 12.3. The number of anilines is 3. The number of benzene rings is 7. The summed E-state index contributed by atoms with van der Waals surface area (Å²) in [5.74, 6) is 1.92. The Morgan fingerprint density at radius 3 is 1.87 bits per heavy atom. The van der Waals surface area contributed by atoms with Crippen molar-refractivity contribution in [2.75, 3.05) is 24.7 Å². The fourth-order valence-electron chi connectivity index (χ4n) is 6.95. The van der Waals surface area contributed by atoms with Crippen LogP contribution in [0.5, 0.6) is 0 Å². The third-order valence-corrected chi connectivity index (χ3v) is 13.1. The molecule has 0 aromatic heterocycles. The molecule has 1 heterocycles. The van der Waals surface area contributed by atoms with Crippen molar-refractivity contribution in [3.8, 4) is 22.3 Å². The van der Waals surface area contributed by atoms with Crippen LogP contribution in [0.4, 0.5) is 17.1 Å². The Balaban J connectivity index is 1.11. The topological polar surface area (TPSA) is 27.6 Å². The lowest BCUT2D eigenvalue weighted by molar-refractivity contribution is 0.662. The summed E-state index contributed by atoms with van der Waals surface area (Å²) in [4.78, 5) is 10.8. The summed E-state index contributed by atoms with van der Waals surface area (Å²) < 4.78 is 0. The van der Waals surface area contributed by atoms with Crippen LogP contribution >= 0.6 is 35.3 Å². The number of hydrogen-bond acceptors (Lipinski definition) is 6. The first kappa shape index (κ1) is 36.0. The molecule has 266 valence electrons. The molecule has 0 amide bonds. The third-order valence-electron chi connectivity index (χ3n) is 9.76. The van der Waals surface area contributed by atoms with Gasteiger partial charge in [-0.15, -0.1) is 23.5 Å². The van der Waals surface area contributed by atoms with Crippen molar-refractivity contribution in [3.05, 3.63) is 193 Å². The van der Waals surface area contributed by atoms with Crippen molar-refractivity contribution in [2.45, 2.75) is 26.5 Å². The quantitative estimate of drug-likeness (QED) is 0.0806. The van der Waals surface area contributed by atoms with E-state index in [0.29, 0.717) is 0 Å². The molecule has 1 atom stereocenters. The van der Waals surface area contributed by atoms with Crippen LogP contribution in [0.3, 0.4) is 0 Å². The lowest BCUT2D eigenvalue weighted by Crippen LogP contribution is -2.19. The van der Waals surface area contributed by atoms with E-state index in [9.17, 15) is 0 Å². The van der Waals surface area contributed by atoms with Gasteiger partial charge in [0.05, 0.1) is 0 Å². The van der Waals surface area contributed by atoms with Crippen molar-refractivity contribution in [1.29, 1.82) is 0 Å². The van der Waals surface area contributed by atoms with E-state index in [1.165, 1.54) is 48.1 Å². The summed E-state index contributed by atoms with van der Waals surface area (Å²) in [6.07, 6.45) is 0. The van der Waals surface area contributed by atoms with E-state index in [2.05, 4.69) is 185 Å². The smallest absolute Gasteiger partial charge is 0.102 e. The molecule has 0 radical (unpaired) electrons. The highest BCUT2D eigenvalue weighted by Gasteiger charge is 2.21. The predicted octanol–water partition coefficient (Wildman–Crippen LogP) is 13.3. The molecule has 54 heavy (non-hydrogen) atoms. The zero-order valence-electron chi connectivity index (χ0n) is 30.4. The van der Waals surface area contributed by atoms with Crippen LogP contribution < -0.4 is 10.2 Å². The standard InChI is InChI=1S/C48H41N3S3/c1-49-46(33-52-40-12-5-3-6-13-40)35-22-28-38(29-23-35)51(39-30-24-36(25-31-39)48(50-2)54-41-14-7-4-8-15-41)37-26-20-34(21-27-37)42-17-11-18-43-44-16-9-10-19-47(44)53-32-45(42)43/h3-31,46,49H,32-33H2,1-2H3. The van der Waals surface area contributed by atoms with Gasteiger partial charge in [0.25, 0.3) is 0 Å². The maximum Gasteiger partial charge on any atom is 0.102 e. The SMILES string of the molecule is CN=C(Sc1ccccc1)c1ccc(N(c2ccc(-c3cccc4c3CSc3ccccc3-4)cc2)c2ccc(C(CSc3ccccc3)NC)cc2)cc1. The van der Waals surface area contributed by atoms with Gasteiger partial charge in [-0.3, -0.25) is 4.99 Å². The second-order valence-electron chi connectivity index (χ2n) is 13.0. The number of fused-ring (bicyclic) bond motifs is 3. The molecule has 8 rings (SSSR count). The zero-order valence-corrected chi connectivity index (χ0v) is 32.8. The number of nitrogens with one attached hydrogen (secondary N) is 1. The Kier molecular flexibility index (Phi) is 11.3. The largest absolute Gasteiger partial charge is 0.312 e. The van der Waals surface area contributed by atoms with Gasteiger partial charge in [0.2, 0.25) is 0 Å². The molecule has 0 spiro atoms. The van der Waals surface area contributed by atoms with Crippen molar-refractivity contribution < 1.29 is 0 Å². The molecule has 0 fully saturated rings. The van der Waals surface area contributed by atoms with E-state index >= 15 is 0 Å². The van der Waals surface area contributed by atoms with Gasteiger partial charge in [0.1, 0.15) is 5.04 Å². The number of aliphatic imine (C=N–C) groups is 1. The molecule has 0 saturated carbocycles. The summed E-state index contributed by atoms with van der Waals surface area (Å²) in [5, 5.41) is 4.53. The average molecular weight is 756 g/mol. The van der Waals surface area contributed by atoms with Crippen molar-refractivity contribution in [3.63, 3.8) is 0 Å². The van der Waals surface area contributed by atoms with E-state index in [1.54, 1.807) is 11.8 Å². The first-order valence-electron chi connectivity index (χ1n) is 18.2. The van der Waals surface area contributed by atoms with E-state index in [1.807, 2.05) is 43.7 Å². The minimum atomic E-state index is 0.229. The lowest BCUT2D eigenvalue weighted by Gasteiger charge is -2.27.